The predicted molar refractivity (Wildman–Crippen MR) is 79.7 cm³/mol. The Morgan fingerprint density at radius 1 is 1.37 bits per heavy atom. The van der Waals surface area contributed by atoms with Crippen LogP contribution < -0.4 is 10.2 Å². The van der Waals surface area contributed by atoms with Crippen LogP contribution in [0.3, 0.4) is 0 Å². The number of aromatic nitrogens is 2. The quantitative estimate of drug-likeness (QED) is 0.885. The molecule has 0 saturated carbocycles. The summed E-state index contributed by atoms with van der Waals surface area (Å²) in [6.07, 6.45) is 6.92. The van der Waals surface area contributed by atoms with Gasteiger partial charge in [-0.05, 0) is 39.7 Å². The molecule has 1 aromatic rings. The Morgan fingerprint density at radius 3 is 2.89 bits per heavy atom. The number of hydrogen-bond acceptors (Lipinski definition) is 4. The number of nitrogens with zero attached hydrogens (tertiary/aromatic N) is 3. The molecule has 1 atom stereocenters. The monoisotopic (exact) mass is 262 g/mol. The summed E-state index contributed by atoms with van der Waals surface area (Å²) in [4.78, 5) is 11.5. The molecule has 1 saturated heterocycles. The Kier molecular flexibility index (Phi) is 5.14. The molecule has 0 aliphatic carbocycles. The van der Waals surface area contributed by atoms with Crippen molar-refractivity contribution >= 4 is 5.82 Å². The van der Waals surface area contributed by atoms with Crippen molar-refractivity contribution in [1.29, 1.82) is 0 Å². The molecule has 0 bridgehead atoms. The van der Waals surface area contributed by atoms with Crippen molar-refractivity contribution in [3.63, 3.8) is 0 Å². The summed E-state index contributed by atoms with van der Waals surface area (Å²) < 4.78 is 0. The number of piperidine rings is 1. The van der Waals surface area contributed by atoms with Crippen LogP contribution in [0.25, 0.3) is 0 Å². The second-order valence-corrected chi connectivity index (χ2v) is 5.51. The maximum Gasteiger partial charge on any atom is 0.150 e. The van der Waals surface area contributed by atoms with E-state index >= 15 is 0 Å². The Balaban J connectivity index is 2.11. The van der Waals surface area contributed by atoms with E-state index in [1.54, 1.807) is 0 Å². The zero-order valence-electron chi connectivity index (χ0n) is 12.4. The fourth-order valence-electron chi connectivity index (χ4n) is 2.72. The van der Waals surface area contributed by atoms with Gasteiger partial charge >= 0.3 is 0 Å². The van der Waals surface area contributed by atoms with Gasteiger partial charge in [0.2, 0.25) is 0 Å². The lowest BCUT2D eigenvalue weighted by Crippen LogP contribution is -2.44. The molecular formula is C15H26N4. The third-order valence-electron chi connectivity index (χ3n) is 3.70. The van der Waals surface area contributed by atoms with Crippen molar-refractivity contribution in [2.45, 2.75) is 52.5 Å². The molecule has 1 unspecified atom stereocenters. The molecule has 4 heteroatoms. The molecule has 19 heavy (non-hydrogen) atoms. The Bertz CT molecular complexity index is 399. The molecule has 4 nitrogen and oxygen atoms in total. The third kappa shape index (κ3) is 3.90. The van der Waals surface area contributed by atoms with Crippen molar-refractivity contribution in [2.24, 2.45) is 0 Å². The summed E-state index contributed by atoms with van der Waals surface area (Å²) >= 11 is 0. The molecule has 0 aromatic carbocycles. The summed E-state index contributed by atoms with van der Waals surface area (Å²) in [7, 11) is 0. The molecule has 106 valence electrons. The lowest BCUT2D eigenvalue weighted by molar-refractivity contribution is 0.398. The molecule has 0 amide bonds. The van der Waals surface area contributed by atoms with Crippen LogP contribution in [0.4, 0.5) is 5.82 Å². The molecular weight excluding hydrogens is 236 g/mol. The first-order valence-electron chi connectivity index (χ1n) is 7.49. The molecule has 1 N–H and O–H groups in total. The first kappa shape index (κ1) is 14.3. The van der Waals surface area contributed by atoms with Crippen LogP contribution in [0.2, 0.25) is 0 Å². The van der Waals surface area contributed by atoms with Gasteiger partial charge in [0.1, 0.15) is 5.82 Å². The summed E-state index contributed by atoms with van der Waals surface area (Å²) in [5.74, 6) is 1.06. The van der Waals surface area contributed by atoms with E-state index in [2.05, 4.69) is 29.0 Å². The number of hydrogen-bond donors (Lipinski definition) is 1. The van der Waals surface area contributed by atoms with Crippen molar-refractivity contribution < 1.29 is 0 Å². The highest BCUT2D eigenvalue weighted by Gasteiger charge is 2.19. The zero-order valence-corrected chi connectivity index (χ0v) is 12.4. The van der Waals surface area contributed by atoms with Crippen LogP contribution in [-0.2, 0) is 0 Å². The molecule has 0 spiro atoms. The average molecular weight is 262 g/mol. The van der Waals surface area contributed by atoms with Crippen LogP contribution >= 0.6 is 0 Å². The second kappa shape index (κ2) is 6.85. The summed E-state index contributed by atoms with van der Waals surface area (Å²) in [5.41, 5.74) is 2.04. The van der Waals surface area contributed by atoms with Gasteiger partial charge < -0.3 is 10.2 Å². The van der Waals surface area contributed by atoms with Gasteiger partial charge in [0.05, 0.1) is 11.4 Å². The lowest BCUT2D eigenvalue weighted by atomic mass is 10.0. The highest BCUT2D eigenvalue weighted by molar-refractivity contribution is 5.43. The summed E-state index contributed by atoms with van der Waals surface area (Å²) in [6.45, 7) is 9.55. The summed E-state index contributed by atoms with van der Waals surface area (Å²) in [6, 6.07) is 0.599. The molecule has 2 heterocycles. The summed E-state index contributed by atoms with van der Waals surface area (Å²) in [5, 5.41) is 3.62. The Hall–Kier alpha value is -1.16. The van der Waals surface area contributed by atoms with Crippen LogP contribution in [0.5, 0.6) is 0 Å². The van der Waals surface area contributed by atoms with Crippen molar-refractivity contribution in [3.8, 4) is 0 Å². The molecule has 2 rings (SSSR count). The van der Waals surface area contributed by atoms with E-state index in [0.29, 0.717) is 6.04 Å². The minimum absolute atomic E-state index is 0.599. The molecule has 1 fully saturated rings. The molecule has 1 aliphatic heterocycles. The van der Waals surface area contributed by atoms with Crippen LogP contribution in [0.15, 0.2) is 6.20 Å². The average Bonchev–Trinajstić information content (AvgIpc) is 2.42. The molecule has 0 radical (unpaired) electrons. The van der Waals surface area contributed by atoms with E-state index < -0.39 is 0 Å². The fourth-order valence-corrected chi connectivity index (χ4v) is 2.72. The SMILES string of the molecule is CCCN(CC1CCCCN1)c1nc(C)cnc1C. The van der Waals surface area contributed by atoms with Crippen molar-refractivity contribution in [2.75, 3.05) is 24.5 Å². The van der Waals surface area contributed by atoms with Gasteiger partial charge in [-0.15, -0.1) is 0 Å². The van der Waals surface area contributed by atoms with E-state index in [4.69, 9.17) is 4.98 Å². The first-order chi connectivity index (χ1) is 9.20. The lowest BCUT2D eigenvalue weighted by Gasteiger charge is -2.31. The van der Waals surface area contributed by atoms with Gasteiger partial charge in [-0.2, -0.15) is 0 Å². The number of aryl methyl sites for hydroxylation is 2. The van der Waals surface area contributed by atoms with Gasteiger partial charge in [0.15, 0.2) is 0 Å². The first-order valence-corrected chi connectivity index (χ1v) is 7.49. The predicted octanol–water partition coefficient (Wildman–Crippen LogP) is 2.45. The van der Waals surface area contributed by atoms with E-state index in [9.17, 15) is 0 Å². The number of nitrogens with one attached hydrogen (secondary N) is 1. The van der Waals surface area contributed by atoms with Crippen LogP contribution in [-0.4, -0.2) is 35.6 Å². The van der Waals surface area contributed by atoms with E-state index in [1.165, 1.54) is 19.3 Å². The number of rotatable bonds is 5. The topological polar surface area (TPSA) is 41.0 Å². The van der Waals surface area contributed by atoms with Crippen molar-refractivity contribution in [3.05, 3.63) is 17.6 Å². The maximum atomic E-state index is 4.69. The zero-order chi connectivity index (χ0) is 13.7. The van der Waals surface area contributed by atoms with E-state index in [1.807, 2.05) is 13.1 Å². The van der Waals surface area contributed by atoms with Crippen LogP contribution in [0, 0.1) is 13.8 Å². The fraction of sp³-hybridized carbons (Fsp3) is 0.733. The minimum atomic E-state index is 0.599. The third-order valence-corrected chi connectivity index (χ3v) is 3.70. The smallest absolute Gasteiger partial charge is 0.150 e. The maximum absolute atomic E-state index is 4.69. The van der Waals surface area contributed by atoms with Crippen LogP contribution in [0.1, 0.15) is 44.0 Å². The number of anilines is 1. The highest BCUT2D eigenvalue weighted by atomic mass is 15.2. The van der Waals surface area contributed by atoms with Gasteiger partial charge in [0.25, 0.3) is 0 Å². The normalized spacial score (nSPS) is 19.4. The molecule has 1 aliphatic rings. The van der Waals surface area contributed by atoms with Gasteiger partial charge in [-0.25, -0.2) is 4.98 Å². The van der Waals surface area contributed by atoms with Gasteiger partial charge in [-0.3, -0.25) is 4.98 Å². The Labute approximate surface area is 116 Å². The standard InChI is InChI=1S/C15H26N4/c1-4-9-19(11-14-7-5-6-8-16-14)15-13(3)17-10-12(2)18-15/h10,14,16H,4-9,11H2,1-3H3. The molecule has 1 aromatic heterocycles. The van der Waals surface area contributed by atoms with E-state index in [-0.39, 0.29) is 0 Å². The van der Waals surface area contributed by atoms with Gasteiger partial charge in [-0.1, -0.05) is 13.3 Å². The van der Waals surface area contributed by atoms with Gasteiger partial charge in [0, 0.05) is 25.3 Å². The second-order valence-electron chi connectivity index (χ2n) is 5.51. The Morgan fingerprint density at radius 2 is 2.21 bits per heavy atom. The van der Waals surface area contributed by atoms with E-state index in [0.717, 1.165) is 43.3 Å². The highest BCUT2D eigenvalue weighted by Crippen LogP contribution is 2.18. The minimum Gasteiger partial charge on any atom is -0.354 e. The largest absolute Gasteiger partial charge is 0.354 e. The van der Waals surface area contributed by atoms with Crippen molar-refractivity contribution in [1.82, 2.24) is 15.3 Å².